The zero-order chi connectivity index (χ0) is 20.7. The maximum absolute atomic E-state index is 14.3. The van der Waals surface area contributed by atoms with Crippen molar-refractivity contribution in [3.05, 3.63) is 76.5 Å². The van der Waals surface area contributed by atoms with E-state index in [9.17, 15) is 18.4 Å². The molecule has 1 aliphatic carbocycles. The van der Waals surface area contributed by atoms with Crippen LogP contribution >= 0.6 is 0 Å². The van der Waals surface area contributed by atoms with Crippen molar-refractivity contribution < 1.29 is 18.4 Å². The molecule has 4 rings (SSSR count). The fraction of sp³-hybridized carbons (Fsp3) is 0.273. The van der Waals surface area contributed by atoms with Crippen LogP contribution in [0.3, 0.4) is 0 Å². The van der Waals surface area contributed by atoms with Crippen LogP contribution in [0.5, 0.6) is 0 Å². The van der Waals surface area contributed by atoms with Crippen molar-refractivity contribution in [2.75, 3.05) is 0 Å². The van der Waals surface area contributed by atoms with Gasteiger partial charge in [0.05, 0.1) is 18.2 Å². The Bertz CT molecular complexity index is 1030. The molecule has 1 aliphatic heterocycles. The summed E-state index contributed by atoms with van der Waals surface area (Å²) in [5.74, 6) is 4.26. The van der Waals surface area contributed by atoms with Crippen molar-refractivity contribution in [3.63, 3.8) is 0 Å². The normalized spacial score (nSPS) is 19.5. The predicted octanol–water partition coefficient (Wildman–Crippen LogP) is 3.22. The topological polar surface area (TPSA) is 75.4 Å². The molecule has 0 radical (unpaired) electrons. The molecule has 0 bridgehead atoms. The van der Waals surface area contributed by atoms with Gasteiger partial charge in [-0.2, -0.15) is 0 Å². The Morgan fingerprint density at radius 3 is 2.66 bits per heavy atom. The number of allylic oxidation sites excluding steroid dienone is 1. The Morgan fingerprint density at radius 2 is 2.00 bits per heavy atom. The second-order valence-corrected chi connectivity index (χ2v) is 7.47. The molecule has 1 unspecified atom stereocenters. The lowest BCUT2D eigenvalue weighted by Crippen LogP contribution is -2.43. The van der Waals surface area contributed by atoms with Crippen molar-refractivity contribution in [1.82, 2.24) is 10.3 Å². The number of benzene rings is 2. The van der Waals surface area contributed by atoms with Crippen LogP contribution in [0.1, 0.15) is 42.5 Å². The molecule has 3 N–H and O–H groups in total. The molecule has 1 amide bonds. The maximum atomic E-state index is 14.3. The van der Waals surface area contributed by atoms with Gasteiger partial charge in [0.15, 0.2) is 0 Å². The van der Waals surface area contributed by atoms with Crippen LogP contribution in [-0.2, 0) is 16.1 Å². The first-order chi connectivity index (χ1) is 13.9. The monoisotopic (exact) mass is 397 g/mol. The van der Waals surface area contributed by atoms with E-state index < -0.39 is 29.5 Å². The zero-order valence-corrected chi connectivity index (χ0v) is 15.9. The first-order valence-corrected chi connectivity index (χ1v) is 9.46. The molecule has 2 aromatic carbocycles. The lowest BCUT2D eigenvalue weighted by atomic mass is 9.75. The Morgan fingerprint density at radius 1 is 1.24 bits per heavy atom. The van der Waals surface area contributed by atoms with Crippen molar-refractivity contribution in [2.24, 2.45) is 11.8 Å². The van der Waals surface area contributed by atoms with Crippen LogP contribution < -0.4 is 11.2 Å². The Hall–Kier alpha value is -3.06. The smallest absolute Gasteiger partial charge is 0.254 e. The van der Waals surface area contributed by atoms with Gasteiger partial charge in [0, 0.05) is 23.6 Å². The molecular formula is C22H21F2N3O2. The van der Waals surface area contributed by atoms with Gasteiger partial charge in [-0.15, -0.1) is 0 Å². The minimum Gasteiger partial charge on any atom is -0.344 e. The van der Waals surface area contributed by atoms with Gasteiger partial charge in [-0.1, -0.05) is 24.3 Å². The predicted molar refractivity (Wildman–Crippen MR) is 104 cm³/mol. The highest BCUT2D eigenvalue weighted by molar-refractivity contribution is 6.21. The average molecular weight is 397 g/mol. The number of Topliss-reactive ketones (excluding diaryl/α,β-unsaturated/α-hetero) is 1. The number of nitrogens with two attached hydrogens (primary N) is 1. The van der Waals surface area contributed by atoms with Gasteiger partial charge < -0.3 is 10.3 Å². The van der Waals surface area contributed by atoms with Crippen molar-refractivity contribution in [2.45, 2.75) is 32.4 Å². The third-order valence-corrected chi connectivity index (χ3v) is 5.75. The molecule has 1 fully saturated rings. The summed E-state index contributed by atoms with van der Waals surface area (Å²) in [6.45, 7) is 1.84. The molecule has 2 aromatic rings. The first-order valence-electron chi connectivity index (χ1n) is 9.46. The van der Waals surface area contributed by atoms with E-state index >= 15 is 0 Å². The SMILES string of the molecule is CC1=C(C(=O)N[C@H](c2cccc(F)c2)C2CCC2=O)c2cccc(F)c2CN1N. The van der Waals surface area contributed by atoms with Gasteiger partial charge in [-0.3, -0.25) is 9.59 Å². The second kappa shape index (κ2) is 7.40. The number of nitrogens with one attached hydrogen (secondary N) is 1. The summed E-state index contributed by atoms with van der Waals surface area (Å²) >= 11 is 0. The van der Waals surface area contributed by atoms with Crippen molar-refractivity contribution in [3.8, 4) is 0 Å². The molecule has 5 nitrogen and oxygen atoms in total. The standard InChI is InChI=1S/C22H21F2N3O2/c1-12-20(15-6-3-7-18(24)17(15)11-27(12)25)22(29)26-21(16-8-9-19(16)28)13-4-2-5-14(23)10-13/h2-7,10,16,21H,8-9,11,25H2,1H3,(H,26,29)/t16?,21-/m1/s1. The molecule has 2 aliphatic rings. The quantitative estimate of drug-likeness (QED) is 0.777. The number of hydrazine groups is 1. The third-order valence-electron chi connectivity index (χ3n) is 5.75. The molecular weight excluding hydrogens is 376 g/mol. The van der Waals surface area contributed by atoms with E-state index in [1.165, 1.54) is 23.2 Å². The fourth-order valence-corrected chi connectivity index (χ4v) is 3.98. The minimum absolute atomic E-state index is 0.0285. The highest BCUT2D eigenvalue weighted by Crippen LogP contribution is 2.37. The second-order valence-electron chi connectivity index (χ2n) is 7.47. The number of hydrogen-bond donors (Lipinski definition) is 2. The summed E-state index contributed by atoms with van der Waals surface area (Å²) in [5, 5.41) is 4.21. The van der Waals surface area contributed by atoms with Crippen molar-refractivity contribution >= 4 is 17.3 Å². The number of amides is 1. The molecule has 2 atom stereocenters. The molecule has 1 heterocycles. The van der Waals surface area contributed by atoms with E-state index in [0.717, 1.165) is 0 Å². The van der Waals surface area contributed by atoms with Gasteiger partial charge in [0.25, 0.3) is 5.91 Å². The van der Waals surface area contributed by atoms with E-state index in [1.807, 2.05) is 0 Å². The third kappa shape index (κ3) is 3.42. The number of nitrogens with zero attached hydrogens (tertiary/aromatic N) is 1. The summed E-state index contributed by atoms with van der Waals surface area (Å²) in [7, 11) is 0. The highest BCUT2D eigenvalue weighted by atomic mass is 19.1. The van der Waals surface area contributed by atoms with E-state index in [-0.39, 0.29) is 17.9 Å². The summed E-state index contributed by atoms with van der Waals surface area (Å²) in [6, 6.07) is 9.74. The number of carbonyl (C=O) groups is 2. The van der Waals surface area contributed by atoms with Crippen LogP contribution in [0.4, 0.5) is 8.78 Å². The van der Waals surface area contributed by atoms with Crippen LogP contribution in [0.25, 0.3) is 5.57 Å². The number of ketones is 1. The number of carbonyl (C=O) groups excluding carboxylic acids is 2. The lowest BCUT2D eigenvalue weighted by molar-refractivity contribution is -0.131. The molecule has 1 saturated carbocycles. The minimum atomic E-state index is -0.662. The van der Waals surface area contributed by atoms with Crippen LogP contribution in [0, 0.1) is 17.6 Å². The average Bonchev–Trinajstić information content (AvgIpc) is 2.68. The summed E-state index contributed by atoms with van der Waals surface area (Å²) < 4.78 is 28.1. The van der Waals surface area contributed by atoms with E-state index in [1.54, 1.807) is 31.2 Å². The molecule has 29 heavy (non-hydrogen) atoms. The van der Waals surface area contributed by atoms with E-state index in [0.29, 0.717) is 35.2 Å². The van der Waals surface area contributed by atoms with E-state index in [2.05, 4.69) is 5.32 Å². The molecule has 7 heteroatoms. The Balaban J connectivity index is 1.72. The summed E-state index contributed by atoms with van der Waals surface area (Å²) in [6.07, 6.45) is 1.06. The molecule has 150 valence electrons. The fourth-order valence-electron chi connectivity index (χ4n) is 3.98. The van der Waals surface area contributed by atoms with E-state index in [4.69, 9.17) is 5.84 Å². The highest BCUT2D eigenvalue weighted by Gasteiger charge is 2.38. The molecule has 0 spiro atoms. The van der Waals surface area contributed by atoms with Gasteiger partial charge in [-0.25, -0.2) is 14.6 Å². The number of fused-ring (bicyclic) bond motifs is 1. The largest absolute Gasteiger partial charge is 0.344 e. The summed E-state index contributed by atoms with van der Waals surface area (Å²) in [4.78, 5) is 25.4. The number of halogens is 2. The Labute approximate surface area is 167 Å². The zero-order valence-electron chi connectivity index (χ0n) is 15.9. The van der Waals surface area contributed by atoms with Crippen LogP contribution in [0.2, 0.25) is 0 Å². The van der Waals surface area contributed by atoms with Crippen LogP contribution in [-0.4, -0.2) is 16.7 Å². The first kappa shape index (κ1) is 19.3. The van der Waals surface area contributed by atoms with Gasteiger partial charge in [-0.05, 0) is 42.7 Å². The molecule has 0 aromatic heterocycles. The number of hydrogen-bond acceptors (Lipinski definition) is 4. The van der Waals surface area contributed by atoms with Gasteiger partial charge in [0.2, 0.25) is 0 Å². The lowest BCUT2D eigenvalue weighted by Gasteiger charge is -2.35. The summed E-state index contributed by atoms with van der Waals surface area (Å²) in [5.41, 5.74) is 2.09. The number of rotatable bonds is 4. The maximum Gasteiger partial charge on any atom is 0.254 e. The van der Waals surface area contributed by atoms with Crippen LogP contribution in [0.15, 0.2) is 48.2 Å². The van der Waals surface area contributed by atoms with Gasteiger partial charge >= 0.3 is 0 Å². The molecule has 0 saturated heterocycles. The van der Waals surface area contributed by atoms with Crippen molar-refractivity contribution in [1.29, 1.82) is 0 Å². The van der Waals surface area contributed by atoms with Gasteiger partial charge in [0.1, 0.15) is 17.4 Å². The Kier molecular flexibility index (Phi) is 4.92.